The number of carbonyl (C=O) groups excluding carboxylic acids is 1. The van der Waals surface area contributed by atoms with Gasteiger partial charge in [0, 0.05) is 25.6 Å². The minimum atomic E-state index is 0.236. The molecule has 0 bridgehead atoms. The van der Waals surface area contributed by atoms with Crippen molar-refractivity contribution in [3.63, 3.8) is 0 Å². The fraction of sp³-hybridized carbons (Fsp3) is 0.611. The highest BCUT2D eigenvalue weighted by atomic mass is 32.1. The fourth-order valence-electron chi connectivity index (χ4n) is 3.32. The van der Waals surface area contributed by atoms with Crippen molar-refractivity contribution in [2.45, 2.75) is 53.0 Å². The molecule has 1 atom stereocenters. The van der Waals surface area contributed by atoms with Gasteiger partial charge in [-0.1, -0.05) is 20.8 Å². The van der Waals surface area contributed by atoms with E-state index in [1.165, 1.54) is 10.9 Å². The highest BCUT2D eigenvalue weighted by Gasteiger charge is 2.26. The highest BCUT2D eigenvalue weighted by molar-refractivity contribution is 7.17. The van der Waals surface area contributed by atoms with E-state index >= 15 is 0 Å². The molecule has 5 nitrogen and oxygen atoms in total. The molecule has 3 heterocycles. The first-order valence-electron chi connectivity index (χ1n) is 8.77. The van der Waals surface area contributed by atoms with Gasteiger partial charge in [-0.15, -0.1) is 11.3 Å². The molecule has 1 N–H and O–H groups in total. The molecule has 24 heavy (non-hydrogen) atoms. The van der Waals surface area contributed by atoms with Gasteiger partial charge in [0.2, 0.25) is 5.91 Å². The molecule has 1 aliphatic heterocycles. The molecule has 0 radical (unpaired) electrons. The average Bonchev–Trinajstić information content (AvgIpc) is 3.13. The number of fused-ring (bicyclic) bond motifs is 1. The number of hydrogen-bond acceptors (Lipinski definition) is 5. The molecule has 2 aromatic rings. The zero-order chi connectivity index (χ0) is 17.3. The largest absolute Gasteiger partial charge is 0.365 e. The first kappa shape index (κ1) is 17.1. The molecule has 6 heteroatoms. The molecule has 1 saturated heterocycles. The number of anilines is 1. The Kier molecular flexibility index (Phi) is 5.04. The van der Waals surface area contributed by atoms with Crippen molar-refractivity contribution < 1.29 is 4.79 Å². The first-order valence-corrected chi connectivity index (χ1v) is 9.65. The molecular formula is C18H26N4OS. The monoisotopic (exact) mass is 346 g/mol. The lowest BCUT2D eigenvalue weighted by Crippen LogP contribution is -2.31. The quantitative estimate of drug-likeness (QED) is 0.898. The number of nitrogens with one attached hydrogen (secondary N) is 1. The summed E-state index contributed by atoms with van der Waals surface area (Å²) in [5, 5.41) is 6.98. The third kappa shape index (κ3) is 3.53. The first-order chi connectivity index (χ1) is 11.5. The van der Waals surface area contributed by atoms with Crippen molar-refractivity contribution in [3.8, 4) is 0 Å². The molecule has 0 spiro atoms. The van der Waals surface area contributed by atoms with Crippen molar-refractivity contribution in [1.82, 2.24) is 14.9 Å². The number of amides is 1. The molecule has 0 saturated carbocycles. The standard InChI is InChI=1S/C18H26N4OS/c1-5-15(23)22-7-6-14(9-22)21-17-16-13(8-11(2)3)10-24-18(16)20-12(4)19-17/h10-11,14H,5-9H2,1-4H3,(H,19,20,21). The Balaban J connectivity index is 1.86. The number of thiophene rings is 1. The number of nitrogens with zero attached hydrogens (tertiary/aromatic N) is 3. The summed E-state index contributed by atoms with van der Waals surface area (Å²) in [5.41, 5.74) is 1.33. The second-order valence-electron chi connectivity index (χ2n) is 6.98. The number of rotatable bonds is 5. The summed E-state index contributed by atoms with van der Waals surface area (Å²) in [7, 11) is 0. The van der Waals surface area contributed by atoms with Gasteiger partial charge in [0.25, 0.3) is 0 Å². The minimum Gasteiger partial charge on any atom is -0.365 e. The number of hydrogen-bond donors (Lipinski definition) is 1. The van der Waals surface area contributed by atoms with E-state index < -0.39 is 0 Å². The predicted molar refractivity (Wildman–Crippen MR) is 99.6 cm³/mol. The van der Waals surface area contributed by atoms with Crippen LogP contribution < -0.4 is 5.32 Å². The lowest BCUT2D eigenvalue weighted by atomic mass is 10.0. The van der Waals surface area contributed by atoms with Gasteiger partial charge in [0.1, 0.15) is 16.5 Å². The minimum absolute atomic E-state index is 0.236. The fourth-order valence-corrected chi connectivity index (χ4v) is 4.32. The Morgan fingerprint density at radius 3 is 2.96 bits per heavy atom. The van der Waals surface area contributed by atoms with Crippen LogP contribution in [0.2, 0.25) is 0 Å². The van der Waals surface area contributed by atoms with Crippen LogP contribution in [-0.2, 0) is 11.2 Å². The second kappa shape index (κ2) is 7.05. The van der Waals surface area contributed by atoms with E-state index in [2.05, 4.69) is 34.5 Å². The van der Waals surface area contributed by atoms with Crippen molar-refractivity contribution in [2.24, 2.45) is 5.92 Å². The summed E-state index contributed by atoms with van der Waals surface area (Å²) in [6, 6.07) is 0.268. The SMILES string of the molecule is CCC(=O)N1CCC(Nc2nc(C)nc3scc(CC(C)C)c23)C1. The summed E-state index contributed by atoms with van der Waals surface area (Å²) in [6.45, 7) is 9.92. The average molecular weight is 347 g/mol. The molecule has 1 unspecified atom stereocenters. The normalized spacial score (nSPS) is 17.9. The maximum Gasteiger partial charge on any atom is 0.222 e. The molecule has 2 aromatic heterocycles. The summed E-state index contributed by atoms with van der Waals surface area (Å²) in [4.78, 5) is 24.2. The lowest BCUT2D eigenvalue weighted by molar-refractivity contribution is -0.129. The lowest BCUT2D eigenvalue weighted by Gasteiger charge is -2.17. The van der Waals surface area contributed by atoms with Gasteiger partial charge in [-0.2, -0.15) is 0 Å². The Hall–Kier alpha value is -1.69. The van der Waals surface area contributed by atoms with Gasteiger partial charge >= 0.3 is 0 Å². The molecule has 130 valence electrons. The van der Waals surface area contributed by atoms with E-state index in [-0.39, 0.29) is 11.9 Å². The predicted octanol–water partition coefficient (Wildman–Crippen LogP) is 3.62. The van der Waals surface area contributed by atoms with Crippen LogP contribution in [-0.4, -0.2) is 39.9 Å². The summed E-state index contributed by atoms with van der Waals surface area (Å²) in [6.07, 6.45) is 2.58. The van der Waals surface area contributed by atoms with E-state index in [0.717, 1.165) is 42.4 Å². The van der Waals surface area contributed by atoms with Gasteiger partial charge in [0.15, 0.2) is 0 Å². The Bertz CT molecular complexity index is 740. The van der Waals surface area contributed by atoms with Crippen LogP contribution in [0.15, 0.2) is 5.38 Å². The van der Waals surface area contributed by atoms with Crippen molar-refractivity contribution in [3.05, 3.63) is 16.8 Å². The van der Waals surface area contributed by atoms with Gasteiger partial charge in [-0.25, -0.2) is 9.97 Å². The summed E-state index contributed by atoms with van der Waals surface area (Å²) < 4.78 is 0. The number of likely N-dealkylation sites (tertiary alicyclic amines) is 1. The van der Waals surface area contributed by atoms with Crippen molar-refractivity contribution >= 4 is 33.3 Å². The molecule has 0 aliphatic carbocycles. The molecule has 1 amide bonds. The Morgan fingerprint density at radius 2 is 2.25 bits per heavy atom. The molecule has 1 fully saturated rings. The van der Waals surface area contributed by atoms with E-state index in [4.69, 9.17) is 0 Å². The zero-order valence-electron chi connectivity index (χ0n) is 14.9. The van der Waals surface area contributed by atoms with E-state index in [0.29, 0.717) is 12.3 Å². The Morgan fingerprint density at radius 1 is 1.46 bits per heavy atom. The van der Waals surface area contributed by atoms with Crippen LogP contribution in [0.5, 0.6) is 0 Å². The third-order valence-electron chi connectivity index (χ3n) is 4.43. The molecule has 1 aliphatic rings. The topological polar surface area (TPSA) is 58.1 Å². The number of aromatic nitrogens is 2. The van der Waals surface area contributed by atoms with Gasteiger partial charge in [-0.05, 0) is 36.6 Å². The van der Waals surface area contributed by atoms with E-state index in [1.807, 2.05) is 18.7 Å². The molecule has 0 aromatic carbocycles. The Labute approximate surface area is 147 Å². The maximum atomic E-state index is 11.9. The van der Waals surface area contributed by atoms with Crippen LogP contribution in [0.4, 0.5) is 5.82 Å². The zero-order valence-corrected chi connectivity index (χ0v) is 15.7. The van der Waals surface area contributed by atoms with E-state index in [9.17, 15) is 4.79 Å². The van der Waals surface area contributed by atoms with Crippen LogP contribution in [0.25, 0.3) is 10.2 Å². The smallest absolute Gasteiger partial charge is 0.222 e. The summed E-state index contributed by atoms with van der Waals surface area (Å²) >= 11 is 1.70. The maximum absolute atomic E-state index is 11.9. The van der Waals surface area contributed by atoms with Crippen LogP contribution in [0.3, 0.4) is 0 Å². The van der Waals surface area contributed by atoms with Crippen LogP contribution in [0.1, 0.15) is 45.0 Å². The van der Waals surface area contributed by atoms with E-state index in [1.54, 1.807) is 11.3 Å². The van der Waals surface area contributed by atoms with Gasteiger partial charge < -0.3 is 10.2 Å². The van der Waals surface area contributed by atoms with Crippen LogP contribution in [0, 0.1) is 12.8 Å². The summed E-state index contributed by atoms with van der Waals surface area (Å²) in [5.74, 6) is 2.56. The molecule has 3 rings (SSSR count). The number of carbonyl (C=O) groups is 1. The highest BCUT2D eigenvalue weighted by Crippen LogP contribution is 2.32. The number of aryl methyl sites for hydroxylation is 1. The van der Waals surface area contributed by atoms with Crippen LogP contribution >= 0.6 is 11.3 Å². The third-order valence-corrected chi connectivity index (χ3v) is 5.36. The van der Waals surface area contributed by atoms with Crippen molar-refractivity contribution in [2.75, 3.05) is 18.4 Å². The molecular weight excluding hydrogens is 320 g/mol. The second-order valence-corrected chi connectivity index (χ2v) is 7.84. The van der Waals surface area contributed by atoms with Gasteiger partial charge in [-0.3, -0.25) is 4.79 Å². The van der Waals surface area contributed by atoms with Crippen molar-refractivity contribution in [1.29, 1.82) is 0 Å². The van der Waals surface area contributed by atoms with Gasteiger partial charge in [0.05, 0.1) is 5.39 Å².